The summed E-state index contributed by atoms with van der Waals surface area (Å²) in [6.07, 6.45) is 0. The highest BCUT2D eigenvalue weighted by atomic mass is 32.2. The maximum atomic E-state index is 13.6. The molecule has 0 aliphatic heterocycles. The number of nitrogens with zero attached hydrogens (tertiary/aromatic N) is 4. The third-order valence-corrected chi connectivity index (χ3v) is 5.93. The Morgan fingerprint density at radius 1 is 1.03 bits per heavy atom. The number of ether oxygens (including phenoxy) is 1. The molecular weight excluding hydrogens is 419 g/mol. The summed E-state index contributed by atoms with van der Waals surface area (Å²) in [4.78, 5) is 34.5. The largest absolute Gasteiger partial charge is 0.497 e. The lowest BCUT2D eigenvalue weighted by Gasteiger charge is -2.12. The maximum Gasteiger partial charge on any atom is 0.332 e. The second-order valence-electron chi connectivity index (χ2n) is 6.90. The predicted molar refractivity (Wildman–Crippen MR) is 118 cm³/mol. The van der Waals surface area contributed by atoms with Crippen molar-refractivity contribution in [1.82, 2.24) is 19.1 Å². The molecule has 7 nitrogen and oxygen atoms in total. The van der Waals surface area contributed by atoms with E-state index in [1.165, 1.54) is 35.5 Å². The molecule has 0 atom stereocenters. The molecule has 2 aromatic heterocycles. The van der Waals surface area contributed by atoms with Gasteiger partial charge in [-0.15, -0.1) is 11.8 Å². The van der Waals surface area contributed by atoms with Crippen molar-refractivity contribution in [2.75, 3.05) is 7.11 Å². The lowest BCUT2D eigenvalue weighted by atomic mass is 10.2. The van der Waals surface area contributed by atoms with Crippen LogP contribution in [0.5, 0.6) is 5.75 Å². The number of thioether (sulfide) groups is 1. The molecule has 0 saturated heterocycles. The van der Waals surface area contributed by atoms with E-state index in [9.17, 15) is 14.0 Å². The number of fused-ring (bicyclic) bond motifs is 1. The Morgan fingerprint density at radius 3 is 2.45 bits per heavy atom. The zero-order valence-electron chi connectivity index (χ0n) is 17.1. The maximum absolute atomic E-state index is 13.6. The minimum Gasteiger partial charge on any atom is -0.497 e. The molecule has 0 spiro atoms. The second-order valence-corrected chi connectivity index (χ2v) is 7.87. The van der Waals surface area contributed by atoms with Crippen LogP contribution in [0.25, 0.3) is 22.4 Å². The van der Waals surface area contributed by atoms with Crippen LogP contribution in [0.4, 0.5) is 4.39 Å². The van der Waals surface area contributed by atoms with Gasteiger partial charge in [0.15, 0.2) is 11.5 Å². The van der Waals surface area contributed by atoms with Crippen molar-refractivity contribution in [1.29, 1.82) is 0 Å². The highest BCUT2D eigenvalue weighted by Crippen LogP contribution is 2.29. The Hall–Kier alpha value is -3.46. The molecule has 0 radical (unpaired) electrons. The molecule has 158 valence electrons. The van der Waals surface area contributed by atoms with Crippen LogP contribution in [0.2, 0.25) is 0 Å². The molecule has 9 heteroatoms. The number of rotatable bonds is 5. The molecule has 0 unspecified atom stereocenters. The first-order valence-corrected chi connectivity index (χ1v) is 10.4. The van der Waals surface area contributed by atoms with Crippen LogP contribution in [0, 0.1) is 5.82 Å². The summed E-state index contributed by atoms with van der Waals surface area (Å²) in [6.45, 7) is 0. The molecule has 0 amide bonds. The molecule has 0 bridgehead atoms. The molecule has 0 fully saturated rings. The van der Waals surface area contributed by atoms with Crippen LogP contribution >= 0.6 is 11.8 Å². The number of benzene rings is 2. The van der Waals surface area contributed by atoms with E-state index in [0.717, 1.165) is 10.1 Å². The van der Waals surface area contributed by atoms with Gasteiger partial charge < -0.3 is 4.74 Å². The van der Waals surface area contributed by atoms with Gasteiger partial charge in [0.2, 0.25) is 0 Å². The number of halogens is 1. The highest BCUT2D eigenvalue weighted by molar-refractivity contribution is 7.98. The van der Waals surface area contributed by atoms with Crippen LogP contribution in [-0.2, 0) is 19.8 Å². The second kappa shape index (κ2) is 8.35. The first-order chi connectivity index (χ1) is 14.9. The summed E-state index contributed by atoms with van der Waals surface area (Å²) in [5, 5.41) is 0.680. The Labute approximate surface area is 181 Å². The third kappa shape index (κ3) is 3.96. The van der Waals surface area contributed by atoms with Crippen molar-refractivity contribution in [2.24, 2.45) is 14.1 Å². The van der Waals surface area contributed by atoms with Crippen molar-refractivity contribution >= 4 is 22.8 Å². The number of aryl methyl sites for hydroxylation is 1. The van der Waals surface area contributed by atoms with Gasteiger partial charge in [-0.1, -0.05) is 12.1 Å². The van der Waals surface area contributed by atoms with E-state index in [1.807, 2.05) is 0 Å². The Kier molecular flexibility index (Phi) is 5.60. The van der Waals surface area contributed by atoms with E-state index < -0.39 is 11.2 Å². The van der Waals surface area contributed by atoms with Gasteiger partial charge in [-0.25, -0.2) is 19.2 Å². The Morgan fingerprint density at radius 2 is 1.77 bits per heavy atom. The molecule has 31 heavy (non-hydrogen) atoms. The van der Waals surface area contributed by atoms with E-state index in [2.05, 4.69) is 9.97 Å². The average molecular weight is 438 g/mol. The van der Waals surface area contributed by atoms with E-state index in [-0.39, 0.29) is 16.9 Å². The van der Waals surface area contributed by atoms with Crippen LogP contribution in [0.1, 0.15) is 5.56 Å². The molecule has 0 N–H and O–H groups in total. The van der Waals surface area contributed by atoms with Gasteiger partial charge in [-0.2, -0.15) is 0 Å². The van der Waals surface area contributed by atoms with Gasteiger partial charge in [0.1, 0.15) is 22.0 Å². The first-order valence-electron chi connectivity index (χ1n) is 9.38. The molecule has 0 aliphatic rings. The lowest BCUT2D eigenvalue weighted by molar-refractivity contribution is 0.415. The molecule has 0 saturated carbocycles. The zero-order valence-corrected chi connectivity index (χ0v) is 17.9. The normalized spacial score (nSPS) is 11.1. The SMILES string of the molecule is COc1ccc(-c2nc(SCc3cccc(F)c3)c3c(=O)n(C)c(=O)n(C)c3n2)cc1. The van der Waals surface area contributed by atoms with E-state index in [0.29, 0.717) is 27.9 Å². The van der Waals surface area contributed by atoms with Crippen molar-refractivity contribution in [3.63, 3.8) is 0 Å². The first kappa shape index (κ1) is 20.8. The predicted octanol–water partition coefficient (Wildman–Crippen LogP) is 3.13. The Balaban J connectivity index is 1.90. The monoisotopic (exact) mass is 438 g/mol. The van der Waals surface area contributed by atoms with Crippen molar-refractivity contribution in [2.45, 2.75) is 10.8 Å². The Bertz CT molecular complexity index is 1400. The van der Waals surface area contributed by atoms with Crippen LogP contribution in [0.15, 0.2) is 63.1 Å². The molecule has 4 aromatic rings. The van der Waals surface area contributed by atoms with Crippen LogP contribution < -0.4 is 16.0 Å². The fourth-order valence-electron chi connectivity index (χ4n) is 3.18. The molecular formula is C22H19FN4O3S. The zero-order chi connectivity index (χ0) is 22.1. The smallest absolute Gasteiger partial charge is 0.332 e. The number of hydrogen-bond acceptors (Lipinski definition) is 6. The summed E-state index contributed by atoms with van der Waals surface area (Å²) in [7, 11) is 4.56. The van der Waals surface area contributed by atoms with Crippen LogP contribution in [-0.4, -0.2) is 26.2 Å². The minimum atomic E-state index is -0.474. The van der Waals surface area contributed by atoms with E-state index in [1.54, 1.807) is 50.6 Å². The summed E-state index contributed by atoms with van der Waals surface area (Å²) < 4.78 is 21.1. The summed E-state index contributed by atoms with van der Waals surface area (Å²) >= 11 is 1.29. The standard InChI is InChI=1S/C22H19FN4O3S/c1-26-19-17(21(28)27(2)22(26)29)20(31-12-13-5-4-6-15(23)11-13)25-18(24-19)14-7-9-16(30-3)10-8-14/h4-11H,12H2,1-3H3. The van der Waals surface area contributed by atoms with Crippen LogP contribution in [0.3, 0.4) is 0 Å². The van der Waals surface area contributed by atoms with Gasteiger partial charge in [0.25, 0.3) is 5.56 Å². The fraction of sp³-hybridized carbons (Fsp3) is 0.182. The minimum absolute atomic E-state index is 0.246. The van der Waals surface area contributed by atoms with Crippen molar-refractivity contribution in [3.8, 4) is 17.1 Å². The quantitative estimate of drug-likeness (QED) is 0.352. The van der Waals surface area contributed by atoms with E-state index in [4.69, 9.17) is 4.74 Å². The number of hydrogen-bond donors (Lipinski definition) is 0. The van der Waals surface area contributed by atoms with Gasteiger partial charge >= 0.3 is 5.69 Å². The van der Waals surface area contributed by atoms with E-state index >= 15 is 0 Å². The number of aromatic nitrogens is 4. The van der Waals surface area contributed by atoms with Gasteiger partial charge in [-0.3, -0.25) is 13.9 Å². The summed E-state index contributed by atoms with van der Waals surface area (Å²) in [5.74, 6) is 1.13. The molecule has 0 aliphatic carbocycles. The van der Waals surface area contributed by atoms with Gasteiger partial charge in [0, 0.05) is 25.4 Å². The molecule has 2 aromatic carbocycles. The molecule has 2 heterocycles. The van der Waals surface area contributed by atoms with Crippen molar-refractivity contribution in [3.05, 3.63) is 80.7 Å². The summed E-state index contributed by atoms with van der Waals surface area (Å²) in [5.41, 5.74) is 0.766. The van der Waals surface area contributed by atoms with Gasteiger partial charge in [0.05, 0.1) is 7.11 Å². The lowest BCUT2D eigenvalue weighted by Crippen LogP contribution is -2.37. The fourth-order valence-corrected chi connectivity index (χ4v) is 4.14. The van der Waals surface area contributed by atoms with Crippen molar-refractivity contribution < 1.29 is 9.13 Å². The van der Waals surface area contributed by atoms with Gasteiger partial charge in [-0.05, 0) is 42.0 Å². The third-order valence-electron chi connectivity index (χ3n) is 4.88. The topological polar surface area (TPSA) is 79.0 Å². The highest BCUT2D eigenvalue weighted by Gasteiger charge is 2.18. The molecule has 4 rings (SSSR count). The number of methoxy groups -OCH3 is 1. The summed E-state index contributed by atoms with van der Waals surface area (Å²) in [6, 6.07) is 13.4. The average Bonchev–Trinajstić information content (AvgIpc) is 2.79.